The van der Waals surface area contributed by atoms with Crippen LogP contribution in [-0.4, -0.2) is 20.5 Å². The van der Waals surface area contributed by atoms with Gasteiger partial charge in [-0.15, -0.1) is 0 Å². The fourth-order valence-electron chi connectivity index (χ4n) is 1.27. The van der Waals surface area contributed by atoms with Crippen LogP contribution in [0.15, 0.2) is 23.1 Å². The van der Waals surface area contributed by atoms with Crippen molar-refractivity contribution in [2.75, 3.05) is 0 Å². The van der Waals surface area contributed by atoms with Gasteiger partial charge in [-0.3, -0.25) is 4.21 Å². The van der Waals surface area contributed by atoms with Gasteiger partial charge in [0.2, 0.25) is 0 Å². The van der Waals surface area contributed by atoms with Crippen LogP contribution in [0.25, 0.3) is 0 Å². The van der Waals surface area contributed by atoms with Crippen LogP contribution in [0.2, 0.25) is 0 Å². The van der Waals surface area contributed by atoms with Crippen LogP contribution in [0, 0.1) is 5.82 Å². The molecule has 0 heterocycles. The summed E-state index contributed by atoms with van der Waals surface area (Å²) in [4.78, 5) is 11.0. The third-order valence-electron chi connectivity index (χ3n) is 2.23. The molecule has 2 rings (SSSR count). The number of benzene rings is 1. The van der Waals surface area contributed by atoms with Crippen molar-refractivity contribution in [3.8, 4) is 0 Å². The molecule has 1 unspecified atom stereocenters. The Morgan fingerprint density at radius 2 is 2.13 bits per heavy atom. The molecule has 1 saturated carbocycles. The zero-order valence-corrected chi connectivity index (χ0v) is 8.59. The molecule has 1 fully saturated rings. The second-order valence-electron chi connectivity index (χ2n) is 3.44. The molecule has 5 heteroatoms. The molecule has 0 radical (unpaired) electrons. The number of rotatable bonds is 3. The lowest BCUT2D eigenvalue weighted by atomic mass is 10.2. The molecule has 1 aliphatic rings. The van der Waals surface area contributed by atoms with E-state index in [2.05, 4.69) is 0 Å². The van der Waals surface area contributed by atoms with Crippen molar-refractivity contribution in [2.45, 2.75) is 23.0 Å². The molecule has 3 nitrogen and oxygen atoms in total. The van der Waals surface area contributed by atoms with E-state index in [0.29, 0.717) is 4.90 Å². The number of hydrogen-bond donors (Lipinski definition) is 1. The molecule has 1 atom stereocenters. The van der Waals surface area contributed by atoms with Crippen molar-refractivity contribution in [3.63, 3.8) is 0 Å². The Hall–Kier alpha value is -1.23. The molecule has 0 spiro atoms. The van der Waals surface area contributed by atoms with Crippen LogP contribution in [0.4, 0.5) is 4.39 Å². The van der Waals surface area contributed by atoms with Gasteiger partial charge in [-0.05, 0) is 31.0 Å². The van der Waals surface area contributed by atoms with Crippen molar-refractivity contribution in [2.24, 2.45) is 0 Å². The summed E-state index contributed by atoms with van der Waals surface area (Å²) in [5, 5.41) is 8.81. The highest BCUT2D eigenvalue weighted by Crippen LogP contribution is 2.30. The molecule has 1 aromatic rings. The Bertz CT molecular complexity index is 440. The molecule has 0 amide bonds. The molecule has 15 heavy (non-hydrogen) atoms. The van der Waals surface area contributed by atoms with Gasteiger partial charge >= 0.3 is 5.97 Å². The van der Waals surface area contributed by atoms with Crippen LogP contribution in [0.1, 0.15) is 23.2 Å². The average Bonchev–Trinajstić information content (AvgIpc) is 3.00. The molecule has 80 valence electrons. The van der Waals surface area contributed by atoms with Crippen LogP contribution >= 0.6 is 0 Å². The Labute approximate surface area is 88.4 Å². The first-order valence-corrected chi connectivity index (χ1v) is 5.74. The average molecular weight is 228 g/mol. The minimum absolute atomic E-state index is 0.122. The summed E-state index contributed by atoms with van der Waals surface area (Å²) >= 11 is 0. The number of hydrogen-bond acceptors (Lipinski definition) is 2. The van der Waals surface area contributed by atoms with Crippen molar-refractivity contribution in [1.82, 2.24) is 0 Å². The van der Waals surface area contributed by atoms with E-state index in [1.54, 1.807) is 0 Å². The fraction of sp³-hybridized carbons (Fsp3) is 0.300. The first kappa shape index (κ1) is 10.3. The molecule has 0 saturated heterocycles. The summed E-state index contributed by atoms with van der Waals surface area (Å²) in [6.07, 6.45) is 1.79. The van der Waals surface area contributed by atoms with Crippen molar-refractivity contribution < 1.29 is 18.5 Å². The van der Waals surface area contributed by atoms with E-state index in [-0.39, 0.29) is 5.25 Å². The van der Waals surface area contributed by atoms with Gasteiger partial charge < -0.3 is 5.11 Å². The minimum atomic E-state index is -1.33. The maximum Gasteiger partial charge on any atom is 0.338 e. The van der Waals surface area contributed by atoms with Gasteiger partial charge in [-0.1, -0.05) is 0 Å². The summed E-state index contributed by atoms with van der Waals surface area (Å²) in [5.74, 6) is -2.12. The second kappa shape index (κ2) is 3.73. The third-order valence-corrected chi connectivity index (χ3v) is 4.02. The van der Waals surface area contributed by atoms with E-state index < -0.39 is 28.1 Å². The van der Waals surface area contributed by atoms with Gasteiger partial charge in [-0.2, -0.15) is 0 Å². The Morgan fingerprint density at radius 3 is 2.67 bits per heavy atom. The minimum Gasteiger partial charge on any atom is -0.478 e. The first-order chi connectivity index (χ1) is 7.09. The predicted molar refractivity (Wildman–Crippen MR) is 52.8 cm³/mol. The monoisotopic (exact) mass is 228 g/mol. The highest BCUT2D eigenvalue weighted by molar-refractivity contribution is 7.86. The smallest absolute Gasteiger partial charge is 0.338 e. The zero-order valence-electron chi connectivity index (χ0n) is 7.77. The molecule has 0 aromatic heterocycles. The topological polar surface area (TPSA) is 54.4 Å². The summed E-state index contributed by atoms with van der Waals surface area (Å²) in [7, 11) is -1.19. The second-order valence-corrected chi connectivity index (χ2v) is 5.18. The van der Waals surface area contributed by atoms with Gasteiger partial charge in [0.05, 0.1) is 16.4 Å². The SMILES string of the molecule is O=C(O)c1cc(S(=O)C2CC2)ccc1F. The molecule has 0 aliphatic heterocycles. The Kier molecular flexibility index (Phi) is 2.56. The number of carbonyl (C=O) groups is 1. The van der Waals surface area contributed by atoms with E-state index in [9.17, 15) is 13.4 Å². The van der Waals surface area contributed by atoms with Crippen molar-refractivity contribution in [1.29, 1.82) is 0 Å². The van der Waals surface area contributed by atoms with Crippen LogP contribution < -0.4 is 0 Å². The largest absolute Gasteiger partial charge is 0.478 e. The number of carboxylic acids is 1. The quantitative estimate of drug-likeness (QED) is 0.858. The highest BCUT2D eigenvalue weighted by atomic mass is 32.2. The lowest BCUT2D eigenvalue weighted by molar-refractivity contribution is 0.0691. The predicted octanol–water partition coefficient (Wildman–Crippen LogP) is 1.79. The van der Waals surface area contributed by atoms with Gasteiger partial charge in [0, 0.05) is 10.1 Å². The molecule has 0 bridgehead atoms. The lowest BCUT2D eigenvalue weighted by Gasteiger charge is -2.02. The van der Waals surface area contributed by atoms with Crippen LogP contribution in [0.3, 0.4) is 0 Å². The number of aromatic carboxylic acids is 1. The Balaban J connectivity index is 2.37. The number of halogens is 1. The van der Waals surface area contributed by atoms with Gasteiger partial charge in [0.1, 0.15) is 5.82 Å². The van der Waals surface area contributed by atoms with Gasteiger partial charge in [0.15, 0.2) is 0 Å². The van der Waals surface area contributed by atoms with Gasteiger partial charge in [0.25, 0.3) is 0 Å². The van der Waals surface area contributed by atoms with Crippen LogP contribution in [-0.2, 0) is 10.8 Å². The van der Waals surface area contributed by atoms with E-state index in [1.807, 2.05) is 0 Å². The maximum atomic E-state index is 13.0. The third kappa shape index (κ3) is 2.07. The van der Waals surface area contributed by atoms with Crippen molar-refractivity contribution >= 4 is 16.8 Å². The first-order valence-electron chi connectivity index (χ1n) is 4.53. The summed E-state index contributed by atoms with van der Waals surface area (Å²) in [5.41, 5.74) is -0.415. The molecule has 1 aliphatic carbocycles. The number of carboxylic acid groups (broad SMARTS) is 1. The molecular formula is C10H9FO3S. The van der Waals surface area contributed by atoms with Gasteiger partial charge in [-0.25, -0.2) is 9.18 Å². The van der Waals surface area contributed by atoms with E-state index >= 15 is 0 Å². The zero-order chi connectivity index (χ0) is 11.0. The summed E-state index contributed by atoms with van der Waals surface area (Å²) in [6, 6.07) is 3.60. The summed E-state index contributed by atoms with van der Waals surface area (Å²) < 4.78 is 24.7. The maximum absolute atomic E-state index is 13.0. The Morgan fingerprint density at radius 1 is 1.47 bits per heavy atom. The fourth-order valence-corrected chi connectivity index (χ4v) is 2.65. The highest BCUT2D eigenvalue weighted by Gasteiger charge is 2.29. The summed E-state index contributed by atoms with van der Waals surface area (Å²) in [6.45, 7) is 0. The standard InChI is InChI=1S/C10H9FO3S/c11-9-4-3-7(5-8(9)10(12)13)15(14)6-1-2-6/h3-6H,1-2H2,(H,12,13). The van der Waals surface area contributed by atoms with E-state index in [0.717, 1.165) is 25.0 Å². The molecular weight excluding hydrogens is 219 g/mol. The lowest BCUT2D eigenvalue weighted by Crippen LogP contribution is -2.04. The molecule has 1 aromatic carbocycles. The van der Waals surface area contributed by atoms with Crippen molar-refractivity contribution in [3.05, 3.63) is 29.6 Å². The molecule has 1 N–H and O–H groups in total. The van der Waals surface area contributed by atoms with E-state index in [1.165, 1.54) is 6.07 Å². The normalized spacial score (nSPS) is 17.4. The van der Waals surface area contributed by atoms with Crippen LogP contribution in [0.5, 0.6) is 0 Å². The van der Waals surface area contributed by atoms with E-state index in [4.69, 9.17) is 5.11 Å².